The van der Waals surface area contributed by atoms with Crippen LogP contribution in [0.2, 0.25) is 0 Å². The van der Waals surface area contributed by atoms with Gasteiger partial charge in [-0.15, -0.1) is 10.2 Å². The van der Waals surface area contributed by atoms with E-state index in [9.17, 15) is 4.79 Å². The van der Waals surface area contributed by atoms with Crippen LogP contribution in [0.25, 0.3) is 11.4 Å². The number of rotatable bonds is 5. The van der Waals surface area contributed by atoms with E-state index in [2.05, 4.69) is 26.6 Å². The van der Waals surface area contributed by atoms with E-state index < -0.39 is 0 Å². The molecule has 26 heavy (non-hydrogen) atoms. The van der Waals surface area contributed by atoms with Crippen molar-refractivity contribution in [2.24, 2.45) is 7.05 Å². The van der Waals surface area contributed by atoms with Gasteiger partial charge in [0.15, 0.2) is 11.0 Å². The summed E-state index contributed by atoms with van der Waals surface area (Å²) in [7, 11) is 1.86. The smallest absolute Gasteiger partial charge is 0.237 e. The average Bonchev–Trinajstić information content (AvgIpc) is 3.03. The number of benzene rings is 1. The van der Waals surface area contributed by atoms with Gasteiger partial charge in [-0.1, -0.05) is 17.8 Å². The highest BCUT2D eigenvalue weighted by Gasteiger charge is 2.19. The number of nitrogens with one attached hydrogen (secondary N) is 1. The van der Waals surface area contributed by atoms with Gasteiger partial charge in [0.05, 0.1) is 16.9 Å². The summed E-state index contributed by atoms with van der Waals surface area (Å²) < 4.78 is 1.85. The summed E-state index contributed by atoms with van der Waals surface area (Å²) in [5.74, 6) is 0.544. The van der Waals surface area contributed by atoms with Crippen LogP contribution in [0, 0.1) is 11.3 Å². The molecule has 2 aromatic heterocycles. The third kappa shape index (κ3) is 3.90. The van der Waals surface area contributed by atoms with E-state index in [0.29, 0.717) is 22.2 Å². The molecule has 0 fully saturated rings. The van der Waals surface area contributed by atoms with Gasteiger partial charge >= 0.3 is 0 Å². The molecule has 0 saturated heterocycles. The second kappa shape index (κ2) is 7.80. The fourth-order valence-electron chi connectivity index (χ4n) is 2.29. The Morgan fingerprint density at radius 1 is 1.27 bits per heavy atom. The molecule has 130 valence electrons. The number of nitriles is 1. The van der Waals surface area contributed by atoms with Crippen LogP contribution < -0.4 is 5.32 Å². The molecule has 1 atom stereocenters. The van der Waals surface area contributed by atoms with Gasteiger partial charge in [0.2, 0.25) is 5.91 Å². The molecule has 8 heteroatoms. The Labute approximate surface area is 155 Å². The second-order valence-electron chi connectivity index (χ2n) is 5.54. The van der Waals surface area contributed by atoms with Gasteiger partial charge in [-0.05, 0) is 37.3 Å². The summed E-state index contributed by atoms with van der Waals surface area (Å²) in [6.45, 7) is 1.80. The molecule has 1 N–H and O–H groups in total. The number of pyridine rings is 1. The molecule has 0 bridgehead atoms. The lowest BCUT2D eigenvalue weighted by molar-refractivity contribution is -0.115. The quantitative estimate of drug-likeness (QED) is 0.699. The fourth-order valence-corrected chi connectivity index (χ4v) is 3.11. The summed E-state index contributed by atoms with van der Waals surface area (Å²) in [5, 5.41) is 20.4. The number of thioether (sulfide) groups is 1. The summed E-state index contributed by atoms with van der Waals surface area (Å²) >= 11 is 1.32. The molecule has 3 aromatic rings. The van der Waals surface area contributed by atoms with Crippen LogP contribution in [-0.4, -0.2) is 30.9 Å². The summed E-state index contributed by atoms with van der Waals surface area (Å²) in [6.07, 6.45) is 3.39. The Bertz CT molecular complexity index is 963. The molecular weight excluding hydrogens is 348 g/mol. The van der Waals surface area contributed by atoms with E-state index in [1.165, 1.54) is 11.8 Å². The molecular formula is C18H16N6OS. The highest BCUT2D eigenvalue weighted by atomic mass is 32.2. The van der Waals surface area contributed by atoms with Gasteiger partial charge in [0.25, 0.3) is 0 Å². The molecule has 2 heterocycles. The van der Waals surface area contributed by atoms with Crippen LogP contribution in [0.15, 0.2) is 53.9 Å². The topological polar surface area (TPSA) is 96.5 Å². The van der Waals surface area contributed by atoms with Crippen molar-refractivity contribution < 1.29 is 4.79 Å². The third-order valence-corrected chi connectivity index (χ3v) is 4.82. The predicted molar refractivity (Wildman–Crippen MR) is 99.3 cm³/mol. The number of carbonyl (C=O) groups is 1. The van der Waals surface area contributed by atoms with Crippen molar-refractivity contribution >= 4 is 23.4 Å². The van der Waals surface area contributed by atoms with Gasteiger partial charge in [-0.2, -0.15) is 5.26 Å². The number of hydrogen-bond donors (Lipinski definition) is 1. The first kappa shape index (κ1) is 17.6. The zero-order valence-corrected chi connectivity index (χ0v) is 15.1. The van der Waals surface area contributed by atoms with Crippen LogP contribution in [0.3, 0.4) is 0 Å². The Morgan fingerprint density at radius 2 is 2.04 bits per heavy atom. The van der Waals surface area contributed by atoms with E-state index in [1.54, 1.807) is 43.6 Å². The maximum Gasteiger partial charge on any atom is 0.237 e. The van der Waals surface area contributed by atoms with E-state index >= 15 is 0 Å². The average molecular weight is 364 g/mol. The van der Waals surface area contributed by atoms with Gasteiger partial charge in [-0.3, -0.25) is 9.78 Å². The van der Waals surface area contributed by atoms with E-state index in [4.69, 9.17) is 5.26 Å². The van der Waals surface area contributed by atoms with Crippen molar-refractivity contribution in [3.63, 3.8) is 0 Å². The highest BCUT2D eigenvalue weighted by Crippen LogP contribution is 2.26. The lowest BCUT2D eigenvalue weighted by Crippen LogP contribution is -2.22. The monoisotopic (exact) mass is 364 g/mol. The predicted octanol–water partition coefficient (Wildman–Crippen LogP) is 2.87. The SMILES string of the molecule is C[C@H](Sc1nnc(-c2ccncc2)n1C)C(=O)Nc1cccc(C#N)c1. The van der Waals surface area contributed by atoms with Crippen molar-refractivity contribution in [2.45, 2.75) is 17.3 Å². The Kier molecular flexibility index (Phi) is 5.29. The maximum absolute atomic E-state index is 12.4. The molecule has 7 nitrogen and oxygen atoms in total. The first-order chi connectivity index (χ1) is 12.6. The normalized spacial score (nSPS) is 11.6. The second-order valence-corrected chi connectivity index (χ2v) is 6.85. The Morgan fingerprint density at radius 3 is 2.77 bits per heavy atom. The van der Waals surface area contributed by atoms with E-state index in [-0.39, 0.29) is 11.2 Å². The van der Waals surface area contributed by atoms with Crippen molar-refractivity contribution in [1.29, 1.82) is 5.26 Å². The van der Waals surface area contributed by atoms with Gasteiger partial charge in [0, 0.05) is 30.7 Å². The van der Waals surface area contributed by atoms with Crippen molar-refractivity contribution in [3.05, 3.63) is 54.4 Å². The number of carbonyl (C=O) groups excluding carboxylic acids is 1. The van der Waals surface area contributed by atoms with Crippen molar-refractivity contribution in [1.82, 2.24) is 19.7 Å². The number of anilines is 1. The number of amides is 1. The minimum atomic E-state index is -0.381. The molecule has 0 aliphatic heterocycles. The van der Waals surface area contributed by atoms with Crippen LogP contribution in [-0.2, 0) is 11.8 Å². The van der Waals surface area contributed by atoms with Crippen LogP contribution in [0.1, 0.15) is 12.5 Å². The largest absolute Gasteiger partial charge is 0.325 e. The van der Waals surface area contributed by atoms with Gasteiger partial charge < -0.3 is 9.88 Å². The molecule has 0 unspecified atom stereocenters. The lowest BCUT2D eigenvalue weighted by atomic mass is 10.2. The first-order valence-corrected chi connectivity index (χ1v) is 8.74. The van der Waals surface area contributed by atoms with Crippen molar-refractivity contribution in [3.8, 4) is 17.5 Å². The molecule has 0 radical (unpaired) electrons. The Hall–Kier alpha value is -3.18. The fraction of sp³-hybridized carbons (Fsp3) is 0.167. The molecule has 1 amide bonds. The number of nitrogens with zero attached hydrogens (tertiary/aromatic N) is 5. The Balaban J connectivity index is 1.70. The van der Waals surface area contributed by atoms with Crippen LogP contribution in [0.5, 0.6) is 0 Å². The maximum atomic E-state index is 12.4. The molecule has 0 saturated carbocycles. The summed E-state index contributed by atoms with van der Waals surface area (Å²) in [6, 6.07) is 12.6. The van der Waals surface area contributed by atoms with Gasteiger partial charge in [-0.25, -0.2) is 0 Å². The summed E-state index contributed by atoms with van der Waals surface area (Å²) in [4.78, 5) is 16.4. The van der Waals surface area contributed by atoms with Crippen LogP contribution in [0.4, 0.5) is 5.69 Å². The van der Waals surface area contributed by atoms with Crippen LogP contribution >= 0.6 is 11.8 Å². The zero-order valence-electron chi connectivity index (χ0n) is 14.2. The minimum absolute atomic E-state index is 0.168. The molecule has 0 aliphatic rings. The minimum Gasteiger partial charge on any atom is -0.325 e. The van der Waals surface area contributed by atoms with Gasteiger partial charge in [0.1, 0.15) is 0 Å². The molecule has 0 aliphatic carbocycles. The third-order valence-electron chi connectivity index (χ3n) is 3.68. The standard InChI is InChI=1S/C18H16N6OS/c1-12(17(25)21-15-5-3-4-13(10-15)11-19)26-18-23-22-16(24(18)2)14-6-8-20-9-7-14/h3-10,12H,1-2H3,(H,21,25)/t12-/m0/s1. The molecule has 0 spiro atoms. The summed E-state index contributed by atoms with van der Waals surface area (Å²) in [5.41, 5.74) is 2.00. The number of hydrogen-bond acceptors (Lipinski definition) is 6. The lowest BCUT2D eigenvalue weighted by Gasteiger charge is -2.12. The number of aromatic nitrogens is 4. The zero-order chi connectivity index (χ0) is 18.5. The van der Waals surface area contributed by atoms with Crippen molar-refractivity contribution in [2.75, 3.05) is 5.32 Å². The van der Waals surface area contributed by atoms with E-state index in [0.717, 1.165) is 5.56 Å². The molecule has 3 rings (SSSR count). The highest BCUT2D eigenvalue weighted by molar-refractivity contribution is 8.00. The van der Waals surface area contributed by atoms with E-state index in [1.807, 2.05) is 23.7 Å². The molecule has 1 aromatic carbocycles. The first-order valence-electron chi connectivity index (χ1n) is 7.86.